The molecule has 0 bridgehead atoms. The van der Waals surface area contributed by atoms with Gasteiger partial charge in [-0.3, -0.25) is 4.79 Å². The van der Waals surface area contributed by atoms with Crippen LogP contribution in [0.5, 0.6) is 0 Å². The first-order valence-corrected chi connectivity index (χ1v) is 9.90. The molecule has 0 aliphatic rings. The van der Waals surface area contributed by atoms with Gasteiger partial charge in [-0.1, -0.05) is 35.3 Å². The standard InChI is InChI=1S/C23H19Cl2N3O/c1-13-7-9-16(11-14(13)2)26-23(29)15-8-10-20-19(12-15)27-22(28(20)3)21-17(24)5-4-6-18(21)25/h4-12H,1-3H3,(H,26,29). The molecule has 0 atom stereocenters. The van der Waals surface area contributed by atoms with Crippen molar-refractivity contribution in [1.82, 2.24) is 9.55 Å². The Morgan fingerprint density at radius 3 is 2.38 bits per heavy atom. The number of aromatic nitrogens is 2. The molecule has 4 nitrogen and oxygen atoms in total. The van der Waals surface area contributed by atoms with E-state index in [1.54, 1.807) is 30.3 Å². The number of aryl methyl sites for hydroxylation is 3. The van der Waals surface area contributed by atoms with Gasteiger partial charge in [0.2, 0.25) is 0 Å². The lowest BCUT2D eigenvalue weighted by atomic mass is 10.1. The lowest BCUT2D eigenvalue weighted by Gasteiger charge is -2.08. The molecule has 1 heterocycles. The largest absolute Gasteiger partial charge is 0.327 e. The zero-order chi connectivity index (χ0) is 20.7. The molecule has 0 spiro atoms. The van der Waals surface area contributed by atoms with Crippen molar-refractivity contribution in [3.8, 4) is 11.4 Å². The first-order chi connectivity index (χ1) is 13.8. The first kappa shape index (κ1) is 19.5. The summed E-state index contributed by atoms with van der Waals surface area (Å²) >= 11 is 12.7. The van der Waals surface area contributed by atoms with Crippen LogP contribution < -0.4 is 5.32 Å². The number of hydrogen-bond acceptors (Lipinski definition) is 2. The fraction of sp³-hybridized carbons (Fsp3) is 0.130. The number of nitrogens with zero attached hydrogens (tertiary/aromatic N) is 2. The number of fused-ring (bicyclic) bond motifs is 1. The number of nitrogens with one attached hydrogen (secondary N) is 1. The Hall–Kier alpha value is -2.82. The highest BCUT2D eigenvalue weighted by Crippen LogP contribution is 2.35. The number of rotatable bonds is 3. The minimum Gasteiger partial charge on any atom is -0.327 e. The highest BCUT2D eigenvalue weighted by Gasteiger charge is 2.17. The number of anilines is 1. The van der Waals surface area contributed by atoms with Gasteiger partial charge in [0.25, 0.3) is 5.91 Å². The van der Waals surface area contributed by atoms with Gasteiger partial charge in [0.05, 0.1) is 26.6 Å². The van der Waals surface area contributed by atoms with E-state index >= 15 is 0 Å². The van der Waals surface area contributed by atoms with Crippen molar-refractivity contribution in [2.75, 3.05) is 5.32 Å². The van der Waals surface area contributed by atoms with Crippen molar-refractivity contribution in [2.24, 2.45) is 7.05 Å². The van der Waals surface area contributed by atoms with E-state index in [0.29, 0.717) is 32.5 Å². The molecular weight excluding hydrogens is 405 g/mol. The van der Waals surface area contributed by atoms with Crippen LogP contribution in [-0.2, 0) is 7.05 Å². The van der Waals surface area contributed by atoms with Crippen molar-refractivity contribution in [2.45, 2.75) is 13.8 Å². The van der Waals surface area contributed by atoms with Crippen molar-refractivity contribution in [1.29, 1.82) is 0 Å². The van der Waals surface area contributed by atoms with Crippen molar-refractivity contribution in [3.63, 3.8) is 0 Å². The van der Waals surface area contributed by atoms with Crippen LogP contribution in [0.4, 0.5) is 5.69 Å². The van der Waals surface area contributed by atoms with Gasteiger partial charge in [0.1, 0.15) is 5.82 Å². The highest BCUT2D eigenvalue weighted by molar-refractivity contribution is 6.39. The van der Waals surface area contributed by atoms with Gasteiger partial charge in [0.15, 0.2) is 0 Å². The van der Waals surface area contributed by atoms with Gasteiger partial charge in [-0.2, -0.15) is 0 Å². The molecule has 6 heteroatoms. The van der Waals surface area contributed by atoms with Gasteiger partial charge in [0, 0.05) is 18.3 Å². The summed E-state index contributed by atoms with van der Waals surface area (Å²) in [6, 6.07) is 16.7. The maximum Gasteiger partial charge on any atom is 0.255 e. The summed E-state index contributed by atoms with van der Waals surface area (Å²) in [6.07, 6.45) is 0. The van der Waals surface area contributed by atoms with Gasteiger partial charge < -0.3 is 9.88 Å². The molecule has 1 amide bonds. The second-order valence-electron chi connectivity index (χ2n) is 7.05. The number of halogens is 2. The van der Waals surface area contributed by atoms with E-state index in [-0.39, 0.29) is 5.91 Å². The third kappa shape index (κ3) is 3.61. The molecule has 0 fully saturated rings. The molecule has 0 radical (unpaired) electrons. The Kier molecular flexibility index (Phi) is 5.07. The molecule has 0 unspecified atom stereocenters. The van der Waals surface area contributed by atoms with E-state index in [0.717, 1.165) is 16.8 Å². The first-order valence-electron chi connectivity index (χ1n) is 9.14. The Labute approximate surface area is 179 Å². The molecule has 146 valence electrons. The van der Waals surface area contributed by atoms with Crippen LogP contribution in [0.2, 0.25) is 10.0 Å². The van der Waals surface area contributed by atoms with Crippen LogP contribution in [0, 0.1) is 13.8 Å². The number of hydrogen-bond donors (Lipinski definition) is 1. The summed E-state index contributed by atoms with van der Waals surface area (Å²) in [5.41, 5.74) is 5.88. The van der Waals surface area contributed by atoms with Gasteiger partial charge in [-0.15, -0.1) is 0 Å². The lowest BCUT2D eigenvalue weighted by molar-refractivity contribution is 0.102. The summed E-state index contributed by atoms with van der Waals surface area (Å²) in [6.45, 7) is 4.06. The van der Waals surface area contributed by atoms with Crippen LogP contribution in [0.25, 0.3) is 22.4 Å². The lowest BCUT2D eigenvalue weighted by Crippen LogP contribution is -2.12. The van der Waals surface area contributed by atoms with Gasteiger partial charge in [-0.05, 0) is 67.4 Å². The number of benzene rings is 3. The number of imidazole rings is 1. The fourth-order valence-corrected chi connectivity index (χ4v) is 3.86. The molecule has 0 saturated heterocycles. The smallest absolute Gasteiger partial charge is 0.255 e. The molecule has 1 N–H and O–H groups in total. The van der Waals surface area contributed by atoms with Crippen LogP contribution in [0.3, 0.4) is 0 Å². The number of amides is 1. The average molecular weight is 424 g/mol. The molecule has 0 aliphatic heterocycles. The zero-order valence-corrected chi connectivity index (χ0v) is 17.8. The topological polar surface area (TPSA) is 46.9 Å². The van der Waals surface area contributed by atoms with Gasteiger partial charge >= 0.3 is 0 Å². The summed E-state index contributed by atoms with van der Waals surface area (Å²) < 4.78 is 1.92. The van der Waals surface area contributed by atoms with Crippen LogP contribution in [0.1, 0.15) is 21.5 Å². The third-order valence-electron chi connectivity index (χ3n) is 5.09. The fourth-order valence-electron chi connectivity index (χ4n) is 3.30. The van der Waals surface area contributed by atoms with Crippen molar-refractivity contribution < 1.29 is 4.79 Å². The molecular formula is C23H19Cl2N3O. The summed E-state index contributed by atoms with van der Waals surface area (Å²) in [7, 11) is 1.90. The number of carbonyl (C=O) groups excluding carboxylic acids is 1. The molecule has 0 aliphatic carbocycles. The Morgan fingerprint density at radius 1 is 0.966 bits per heavy atom. The Bertz CT molecular complexity index is 1240. The van der Waals surface area contributed by atoms with Crippen LogP contribution >= 0.6 is 23.2 Å². The second kappa shape index (κ2) is 7.54. The van der Waals surface area contributed by atoms with Gasteiger partial charge in [-0.25, -0.2) is 4.98 Å². The molecule has 1 aromatic heterocycles. The molecule has 3 aromatic carbocycles. The monoisotopic (exact) mass is 423 g/mol. The number of carbonyl (C=O) groups is 1. The average Bonchev–Trinajstić information content (AvgIpc) is 3.00. The van der Waals surface area contributed by atoms with E-state index in [4.69, 9.17) is 28.2 Å². The Balaban J connectivity index is 1.71. The molecule has 0 saturated carbocycles. The third-order valence-corrected chi connectivity index (χ3v) is 5.72. The summed E-state index contributed by atoms with van der Waals surface area (Å²) in [5, 5.41) is 4.01. The predicted octanol–water partition coefficient (Wildman–Crippen LogP) is 6.42. The SMILES string of the molecule is Cc1ccc(NC(=O)c2ccc3c(c2)nc(-c2c(Cl)cccc2Cl)n3C)cc1C. The van der Waals surface area contributed by atoms with Crippen LogP contribution in [0.15, 0.2) is 54.6 Å². The summed E-state index contributed by atoms with van der Waals surface area (Å²) in [5.74, 6) is 0.473. The quantitative estimate of drug-likeness (QED) is 0.413. The molecule has 4 rings (SSSR count). The second-order valence-corrected chi connectivity index (χ2v) is 7.86. The molecule has 4 aromatic rings. The van der Waals surface area contributed by atoms with E-state index < -0.39 is 0 Å². The van der Waals surface area contributed by atoms with Crippen LogP contribution in [-0.4, -0.2) is 15.5 Å². The van der Waals surface area contributed by atoms with E-state index in [9.17, 15) is 4.79 Å². The highest BCUT2D eigenvalue weighted by atomic mass is 35.5. The maximum absolute atomic E-state index is 12.7. The Morgan fingerprint density at radius 2 is 1.69 bits per heavy atom. The minimum atomic E-state index is -0.182. The van der Waals surface area contributed by atoms with Crippen molar-refractivity contribution in [3.05, 3.63) is 81.3 Å². The predicted molar refractivity (Wildman–Crippen MR) is 120 cm³/mol. The molecule has 29 heavy (non-hydrogen) atoms. The van der Waals surface area contributed by atoms with E-state index in [1.807, 2.05) is 49.7 Å². The normalized spacial score (nSPS) is 11.1. The van der Waals surface area contributed by atoms with E-state index in [2.05, 4.69) is 5.32 Å². The summed E-state index contributed by atoms with van der Waals surface area (Å²) in [4.78, 5) is 17.4. The maximum atomic E-state index is 12.7. The van der Waals surface area contributed by atoms with Crippen molar-refractivity contribution >= 4 is 45.8 Å². The zero-order valence-electron chi connectivity index (χ0n) is 16.3. The minimum absolute atomic E-state index is 0.182. The van der Waals surface area contributed by atoms with E-state index in [1.165, 1.54) is 5.56 Å².